The molecule has 2 aromatic heterocycles. The van der Waals surface area contributed by atoms with Crippen molar-refractivity contribution in [1.82, 2.24) is 14.8 Å². The molecule has 0 aliphatic heterocycles. The van der Waals surface area contributed by atoms with E-state index in [1.54, 1.807) is 0 Å². The van der Waals surface area contributed by atoms with Crippen LogP contribution in [0.3, 0.4) is 0 Å². The number of pyridine rings is 1. The van der Waals surface area contributed by atoms with Crippen molar-refractivity contribution in [2.45, 2.75) is 31.9 Å². The van der Waals surface area contributed by atoms with Crippen LogP contribution in [0.15, 0.2) is 30.5 Å². The summed E-state index contributed by atoms with van der Waals surface area (Å²) in [6.07, 6.45) is 2.62. The van der Waals surface area contributed by atoms with Crippen LogP contribution in [0.2, 0.25) is 0 Å². The molecule has 0 radical (unpaired) electrons. The lowest BCUT2D eigenvalue weighted by atomic mass is 10.1. The summed E-state index contributed by atoms with van der Waals surface area (Å²) in [6.45, 7) is 3.94. The molecule has 8 heteroatoms. The average Bonchev–Trinajstić information content (AvgIpc) is 3.39. The van der Waals surface area contributed by atoms with E-state index in [-0.39, 0.29) is 11.4 Å². The quantitative estimate of drug-likeness (QED) is 0.764. The molecule has 0 unspecified atom stereocenters. The molecule has 1 aromatic carbocycles. The van der Waals surface area contributed by atoms with E-state index in [9.17, 15) is 13.7 Å². The number of anilines is 1. The Kier molecular flexibility index (Phi) is 3.70. The Hall–Kier alpha value is -2.92. The van der Waals surface area contributed by atoms with Gasteiger partial charge >= 0.3 is 0 Å². The zero-order chi connectivity index (χ0) is 18.5. The Morgan fingerprint density at radius 2 is 2.04 bits per heavy atom. The molecule has 2 heterocycles. The summed E-state index contributed by atoms with van der Waals surface area (Å²) in [4.78, 5) is 4.66. The number of nitrogens with zero attached hydrogens (tertiary/aromatic N) is 4. The number of aryl methyl sites for hydroxylation is 2. The number of nitrogens with one attached hydrogen (secondary N) is 1. The summed E-state index contributed by atoms with van der Waals surface area (Å²) in [6, 6.07) is 9.77. The van der Waals surface area contributed by atoms with Gasteiger partial charge in [0.2, 0.25) is 10.0 Å². The summed E-state index contributed by atoms with van der Waals surface area (Å²) in [7, 11) is -3.52. The minimum atomic E-state index is -3.52. The minimum absolute atomic E-state index is 0.138. The zero-order valence-electron chi connectivity index (χ0n) is 14.4. The third kappa shape index (κ3) is 2.70. The molecule has 1 N–H and O–H groups in total. The summed E-state index contributed by atoms with van der Waals surface area (Å²) >= 11 is 0. The fraction of sp³-hybridized carbons (Fsp3) is 0.278. The van der Waals surface area contributed by atoms with Gasteiger partial charge in [-0.05, 0) is 43.9 Å². The second-order valence-electron chi connectivity index (χ2n) is 6.55. The van der Waals surface area contributed by atoms with Crippen molar-refractivity contribution >= 4 is 26.7 Å². The summed E-state index contributed by atoms with van der Waals surface area (Å²) in [5.41, 5.74) is 3.00. The first-order chi connectivity index (χ1) is 12.4. The van der Waals surface area contributed by atoms with Gasteiger partial charge in [-0.3, -0.25) is 4.72 Å². The van der Waals surface area contributed by atoms with Gasteiger partial charge in [0.15, 0.2) is 11.6 Å². The lowest BCUT2D eigenvalue weighted by Gasteiger charge is -2.12. The van der Waals surface area contributed by atoms with Gasteiger partial charge in [-0.2, -0.15) is 15.0 Å². The van der Waals surface area contributed by atoms with Gasteiger partial charge in [0, 0.05) is 5.39 Å². The molecule has 0 saturated heterocycles. The first-order valence-corrected chi connectivity index (χ1v) is 9.82. The van der Waals surface area contributed by atoms with Gasteiger partial charge in [0.1, 0.15) is 11.6 Å². The molecule has 0 atom stereocenters. The van der Waals surface area contributed by atoms with Crippen LogP contribution in [0.1, 0.15) is 29.5 Å². The average molecular weight is 367 g/mol. The Morgan fingerprint density at radius 1 is 1.27 bits per heavy atom. The van der Waals surface area contributed by atoms with Crippen LogP contribution in [0, 0.1) is 25.2 Å². The van der Waals surface area contributed by atoms with E-state index in [2.05, 4.69) is 14.8 Å². The van der Waals surface area contributed by atoms with Gasteiger partial charge in [-0.15, -0.1) is 0 Å². The van der Waals surface area contributed by atoms with E-state index in [1.165, 1.54) is 10.9 Å². The van der Waals surface area contributed by atoms with Gasteiger partial charge in [-0.1, -0.05) is 18.2 Å². The summed E-state index contributed by atoms with van der Waals surface area (Å²) in [5, 5.41) is 14.2. The highest BCUT2D eigenvalue weighted by atomic mass is 32.2. The van der Waals surface area contributed by atoms with Crippen molar-refractivity contribution in [3.8, 4) is 11.9 Å². The molecule has 26 heavy (non-hydrogen) atoms. The highest BCUT2D eigenvalue weighted by Gasteiger charge is 2.37. The lowest BCUT2D eigenvalue weighted by molar-refractivity contribution is 0.599. The lowest BCUT2D eigenvalue weighted by Crippen LogP contribution is -2.20. The molecular weight excluding hydrogens is 350 g/mol. The van der Waals surface area contributed by atoms with E-state index < -0.39 is 15.3 Å². The highest BCUT2D eigenvalue weighted by molar-refractivity contribution is 7.93. The molecule has 3 aromatic rings. The first-order valence-electron chi connectivity index (χ1n) is 8.28. The fourth-order valence-corrected chi connectivity index (χ4v) is 4.34. The van der Waals surface area contributed by atoms with Gasteiger partial charge in [0.25, 0.3) is 0 Å². The molecule has 132 valence electrons. The SMILES string of the molecule is Cc1cc(-n2ncc(C#N)c2NS(=O)(=O)C2CC2)nc2c(C)cccc12. The summed E-state index contributed by atoms with van der Waals surface area (Å²) in [5.74, 6) is 0.610. The largest absolute Gasteiger partial charge is 0.266 e. The van der Waals surface area contributed by atoms with E-state index >= 15 is 0 Å². The van der Waals surface area contributed by atoms with Crippen molar-refractivity contribution < 1.29 is 8.42 Å². The molecule has 1 saturated carbocycles. The predicted octanol–water partition coefficient (Wildman–Crippen LogP) is 2.81. The second kappa shape index (κ2) is 5.81. The maximum atomic E-state index is 12.4. The van der Waals surface area contributed by atoms with Crippen LogP contribution in [-0.4, -0.2) is 28.4 Å². The van der Waals surface area contributed by atoms with Gasteiger partial charge in [0.05, 0.1) is 17.0 Å². The van der Waals surface area contributed by atoms with Crippen molar-refractivity contribution in [3.63, 3.8) is 0 Å². The number of aromatic nitrogens is 3. The molecule has 0 spiro atoms. The normalized spacial score (nSPS) is 14.3. The number of fused-ring (bicyclic) bond motifs is 1. The standard InChI is InChI=1S/C18H17N5O2S/c1-11-4-3-5-15-12(2)8-16(21-17(11)15)23-18(13(9-19)10-20-23)22-26(24,25)14-6-7-14/h3-5,8,10,14,22H,6-7H2,1-2H3. The molecule has 1 aliphatic rings. The van der Waals surface area contributed by atoms with E-state index in [0.29, 0.717) is 18.7 Å². The molecule has 7 nitrogen and oxygen atoms in total. The predicted molar refractivity (Wildman–Crippen MR) is 98.6 cm³/mol. The van der Waals surface area contributed by atoms with Crippen LogP contribution in [-0.2, 0) is 10.0 Å². The molecule has 4 rings (SSSR count). The van der Waals surface area contributed by atoms with E-state index in [1.807, 2.05) is 44.2 Å². The van der Waals surface area contributed by atoms with Gasteiger partial charge < -0.3 is 0 Å². The van der Waals surface area contributed by atoms with Crippen molar-refractivity contribution in [2.24, 2.45) is 0 Å². The number of rotatable bonds is 4. The van der Waals surface area contributed by atoms with E-state index in [0.717, 1.165) is 22.0 Å². The zero-order valence-corrected chi connectivity index (χ0v) is 15.2. The van der Waals surface area contributed by atoms with E-state index in [4.69, 9.17) is 0 Å². The van der Waals surface area contributed by atoms with Crippen molar-refractivity contribution in [1.29, 1.82) is 5.26 Å². The topological polar surface area (TPSA) is 101 Å². The number of nitriles is 1. The number of hydrogen-bond acceptors (Lipinski definition) is 5. The van der Waals surface area contributed by atoms with Crippen LogP contribution < -0.4 is 4.72 Å². The monoisotopic (exact) mass is 367 g/mol. The molecule has 1 fully saturated rings. The van der Waals surface area contributed by atoms with Crippen LogP contribution >= 0.6 is 0 Å². The van der Waals surface area contributed by atoms with Crippen molar-refractivity contribution in [3.05, 3.63) is 47.2 Å². The minimum Gasteiger partial charge on any atom is -0.266 e. The Labute approximate surface area is 151 Å². The Bertz CT molecular complexity index is 1170. The Balaban J connectivity index is 1.89. The number of hydrogen-bond donors (Lipinski definition) is 1. The molecule has 0 amide bonds. The van der Waals surface area contributed by atoms with Crippen molar-refractivity contribution in [2.75, 3.05) is 4.72 Å². The highest BCUT2D eigenvalue weighted by Crippen LogP contribution is 2.31. The summed E-state index contributed by atoms with van der Waals surface area (Å²) < 4.78 is 28.7. The van der Waals surface area contributed by atoms with Crippen LogP contribution in [0.5, 0.6) is 0 Å². The second-order valence-corrected chi connectivity index (χ2v) is 8.51. The van der Waals surface area contributed by atoms with Crippen LogP contribution in [0.4, 0.5) is 5.82 Å². The number of benzene rings is 1. The van der Waals surface area contributed by atoms with Gasteiger partial charge in [-0.25, -0.2) is 13.4 Å². The first kappa shape index (κ1) is 16.5. The fourth-order valence-electron chi connectivity index (χ4n) is 2.95. The number of sulfonamides is 1. The number of para-hydroxylation sites is 1. The molecular formula is C18H17N5O2S. The maximum Gasteiger partial charge on any atom is 0.236 e. The maximum absolute atomic E-state index is 12.4. The third-order valence-corrected chi connectivity index (χ3v) is 6.37. The third-order valence-electron chi connectivity index (χ3n) is 4.54. The molecule has 0 bridgehead atoms. The Morgan fingerprint density at radius 3 is 2.73 bits per heavy atom. The smallest absolute Gasteiger partial charge is 0.236 e. The van der Waals surface area contributed by atoms with Crippen LogP contribution in [0.25, 0.3) is 16.7 Å². The molecule has 1 aliphatic carbocycles.